The first-order valence-corrected chi connectivity index (χ1v) is 11.2. The van der Waals surface area contributed by atoms with E-state index in [1.54, 1.807) is 11.8 Å². The molecular weight excluding hydrogens is 482 g/mol. The molecule has 4 rings (SSSR count). The van der Waals surface area contributed by atoms with Crippen molar-refractivity contribution < 1.29 is 5.11 Å². The van der Waals surface area contributed by atoms with Crippen LogP contribution in [-0.2, 0) is 0 Å². The number of piperazine rings is 1. The smallest absolute Gasteiger partial charge is 0.0558 e. The molecule has 0 radical (unpaired) electrons. The highest BCUT2D eigenvalue weighted by Crippen LogP contribution is 2.46. The normalized spacial score (nSPS) is 16.2. The van der Waals surface area contributed by atoms with Crippen molar-refractivity contribution in [3.05, 3.63) is 63.6 Å². The molecule has 0 saturated carbocycles. The minimum Gasteiger partial charge on any atom is -0.395 e. The third-order valence-electron chi connectivity index (χ3n) is 5.36. The molecule has 30 heavy (non-hydrogen) atoms. The summed E-state index contributed by atoms with van der Waals surface area (Å²) in [4.78, 5) is 7.30. The Bertz CT molecular complexity index is 832. The molecule has 0 bridgehead atoms. The molecule has 1 fully saturated rings. The Hall–Kier alpha value is -0.430. The van der Waals surface area contributed by atoms with E-state index in [4.69, 9.17) is 28.3 Å². The van der Waals surface area contributed by atoms with Crippen LogP contribution in [0.25, 0.3) is 5.57 Å². The minimum absolute atomic E-state index is 0. The van der Waals surface area contributed by atoms with E-state index < -0.39 is 0 Å². The molecule has 0 spiro atoms. The van der Waals surface area contributed by atoms with Gasteiger partial charge < -0.3 is 10.0 Å². The lowest BCUT2D eigenvalue weighted by Gasteiger charge is -2.34. The number of aliphatic hydroxyl groups excluding tert-OH is 1. The number of aliphatic hydroxyl groups is 1. The summed E-state index contributed by atoms with van der Waals surface area (Å²) in [7, 11) is 0. The lowest BCUT2D eigenvalue weighted by atomic mass is 9.96. The van der Waals surface area contributed by atoms with Gasteiger partial charge in [0.2, 0.25) is 0 Å². The standard InChI is InChI=1S/C22H24Cl2N2OS.2ClH/c23-16-3-5-21-19(14-16)18(20-15-17(24)4-6-22(20)28-21)2-1-7-25-8-10-26(11-9-25)12-13-27;;/h2-6,14-15,27H,1,7-13H2;2*1H. The molecule has 2 aromatic carbocycles. The number of nitrogens with zero attached hydrogens (tertiary/aromatic N) is 2. The largest absolute Gasteiger partial charge is 0.395 e. The lowest BCUT2D eigenvalue weighted by Crippen LogP contribution is -2.47. The van der Waals surface area contributed by atoms with Crippen LogP contribution in [0.4, 0.5) is 0 Å². The number of fused-ring (bicyclic) bond motifs is 2. The van der Waals surface area contributed by atoms with Crippen LogP contribution in [0.2, 0.25) is 10.0 Å². The number of rotatable bonds is 5. The first kappa shape index (κ1) is 25.8. The molecule has 164 valence electrons. The first-order valence-electron chi connectivity index (χ1n) is 9.67. The van der Waals surface area contributed by atoms with Gasteiger partial charge in [-0.1, -0.05) is 41.0 Å². The highest BCUT2D eigenvalue weighted by Gasteiger charge is 2.22. The summed E-state index contributed by atoms with van der Waals surface area (Å²) in [6.07, 6.45) is 3.32. The van der Waals surface area contributed by atoms with Crippen LogP contribution in [0.3, 0.4) is 0 Å². The van der Waals surface area contributed by atoms with Crippen molar-refractivity contribution in [2.45, 2.75) is 16.2 Å². The molecule has 2 aliphatic rings. The zero-order valence-electron chi connectivity index (χ0n) is 16.5. The number of hydrogen-bond acceptors (Lipinski definition) is 4. The number of hydrogen-bond donors (Lipinski definition) is 1. The van der Waals surface area contributed by atoms with Gasteiger partial charge in [-0.15, -0.1) is 24.8 Å². The van der Waals surface area contributed by atoms with Gasteiger partial charge in [0.1, 0.15) is 0 Å². The Kier molecular flexibility index (Phi) is 10.3. The van der Waals surface area contributed by atoms with Gasteiger partial charge in [-0.25, -0.2) is 0 Å². The average molecular weight is 508 g/mol. The first-order chi connectivity index (χ1) is 13.6. The van der Waals surface area contributed by atoms with Crippen molar-refractivity contribution >= 4 is 65.4 Å². The van der Waals surface area contributed by atoms with Gasteiger partial charge in [0, 0.05) is 59.1 Å². The molecule has 1 saturated heterocycles. The van der Waals surface area contributed by atoms with Crippen molar-refractivity contribution in [1.29, 1.82) is 0 Å². The van der Waals surface area contributed by atoms with E-state index >= 15 is 0 Å². The molecule has 8 heteroatoms. The molecule has 0 unspecified atom stereocenters. The molecule has 1 N–H and O–H groups in total. The molecule has 0 atom stereocenters. The van der Waals surface area contributed by atoms with Crippen LogP contribution in [0.1, 0.15) is 17.5 Å². The van der Waals surface area contributed by atoms with E-state index in [0.29, 0.717) is 0 Å². The van der Waals surface area contributed by atoms with Crippen molar-refractivity contribution in [3.63, 3.8) is 0 Å². The highest BCUT2D eigenvalue weighted by molar-refractivity contribution is 7.99. The third kappa shape index (κ3) is 6.08. The van der Waals surface area contributed by atoms with Crippen molar-refractivity contribution in [3.8, 4) is 0 Å². The van der Waals surface area contributed by atoms with Crippen molar-refractivity contribution in [1.82, 2.24) is 9.80 Å². The maximum atomic E-state index is 9.09. The van der Waals surface area contributed by atoms with Gasteiger partial charge in [0.05, 0.1) is 6.61 Å². The third-order valence-corrected chi connectivity index (χ3v) is 6.98. The Morgan fingerprint density at radius 2 is 1.33 bits per heavy atom. The molecular formula is C22H26Cl4N2OS. The van der Waals surface area contributed by atoms with Crippen molar-refractivity contribution in [2.24, 2.45) is 0 Å². The molecule has 2 aliphatic heterocycles. The fourth-order valence-corrected chi connectivity index (χ4v) is 5.27. The van der Waals surface area contributed by atoms with E-state index in [9.17, 15) is 0 Å². The zero-order chi connectivity index (χ0) is 19.5. The van der Waals surface area contributed by atoms with Crippen LogP contribution in [0, 0.1) is 0 Å². The second-order valence-corrected chi connectivity index (χ2v) is 9.15. The molecule has 2 aromatic rings. The van der Waals surface area contributed by atoms with Gasteiger partial charge in [0.15, 0.2) is 0 Å². The van der Waals surface area contributed by atoms with Crippen LogP contribution >= 0.6 is 59.8 Å². The highest BCUT2D eigenvalue weighted by atomic mass is 35.5. The van der Waals surface area contributed by atoms with Crippen molar-refractivity contribution in [2.75, 3.05) is 45.9 Å². The maximum absolute atomic E-state index is 9.09. The van der Waals surface area contributed by atoms with E-state index in [2.05, 4.69) is 40.1 Å². The summed E-state index contributed by atoms with van der Waals surface area (Å²) in [5, 5.41) is 10.6. The number of β-amino-alcohol motifs (C(OH)–C–C–N with tert-alkyl or cyclic N) is 1. The van der Waals surface area contributed by atoms with Gasteiger partial charge in [-0.05, 0) is 59.5 Å². The Morgan fingerprint density at radius 1 is 0.833 bits per heavy atom. The van der Waals surface area contributed by atoms with E-state index in [1.165, 1.54) is 26.5 Å². The lowest BCUT2D eigenvalue weighted by molar-refractivity contribution is 0.114. The van der Waals surface area contributed by atoms with Crippen LogP contribution in [-0.4, -0.2) is 60.8 Å². The summed E-state index contributed by atoms with van der Waals surface area (Å²) in [5.41, 5.74) is 3.62. The summed E-state index contributed by atoms with van der Waals surface area (Å²) >= 11 is 14.4. The SMILES string of the molecule is Cl.Cl.OCCN1CCN(CCC=C2c3cc(Cl)ccc3Sc3ccc(Cl)cc32)CC1. The second kappa shape index (κ2) is 12.0. The number of halogens is 4. The van der Waals surface area contributed by atoms with E-state index in [1.807, 2.05) is 12.1 Å². The second-order valence-electron chi connectivity index (χ2n) is 7.20. The predicted octanol–water partition coefficient (Wildman–Crippen LogP) is 5.73. The van der Waals surface area contributed by atoms with Gasteiger partial charge in [-0.2, -0.15) is 0 Å². The summed E-state index contributed by atoms with van der Waals surface area (Å²) in [6.45, 7) is 6.25. The monoisotopic (exact) mass is 506 g/mol. The van der Waals surface area contributed by atoms with Crippen LogP contribution < -0.4 is 0 Å². The molecule has 2 heterocycles. The fourth-order valence-electron chi connectivity index (χ4n) is 3.86. The molecule has 0 aliphatic carbocycles. The summed E-state index contributed by atoms with van der Waals surface area (Å²) in [6, 6.07) is 12.2. The van der Waals surface area contributed by atoms with Gasteiger partial charge in [-0.3, -0.25) is 4.90 Å². The van der Waals surface area contributed by atoms with E-state index in [0.717, 1.165) is 55.7 Å². The Labute approximate surface area is 205 Å². The quantitative estimate of drug-likeness (QED) is 0.476. The molecule has 0 amide bonds. The van der Waals surface area contributed by atoms with Crippen LogP contribution in [0.15, 0.2) is 52.3 Å². The molecule has 3 nitrogen and oxygen atoms in total. The minimum atomic E-state index is 0. The Balaban J connectivity index is 0.00000160. The number of benzene rings is 2. The molecule has 0 aromatic heterocycles. The fraction of sp³-hybridized carbons (Fsp3) is 0.364. The van der Waals surface area contributed by atoms with Gasteiger partial charge in [0.25, 0.3) is 0 Å². The zero-order valence-corrected chi connectivity index (χ0v) is 20.5. The Morgan fingerprint density at radius 3 is 1.83 bits per heavy atom. The van der Waals surface area contributed by atoms with E-state index in [-0.39, 0.29) is 31.4 Å². The summed E-state index contributed by atoms with van der Waals surface area (Å²) < 4.78 is 0. The topological polar surface area (TPSA) is 26.7 Å². The predicted molar refractivity (Wildman–Crippen MR) is 133 cm³/mol. The maximum Gasteiger partial charge on any atom is 0.0558 e. The van der Waals surface area contributed by atoms with Crippen LogP contribution in [0.5, 0.6) is 0 Å². The summed E-state index contributed by atoms with van der Waals surface area (Å²) in [5.74, 6) is 0. The average Bonchev–Trinajstić information content (AvgIpc) is 2.69. The van der Waals surface area contributed by atoms with Gasteiger partial charge >= 0.3 is 0 Å².